The maximum atomic E-state index is 13.4. The van der Waals surface area contributed by atoms with Crippen LogP contribution in [0.1, 0.15) is 28.9 Å². The van der Waals surface area contributed by atoms with E-state index in [-0.39, 0.29) is 5.75 Å². The first kappa shape index (κ1) is 13.9. The molecule has 0 aliphatic carbocycles. The number of pyridine rings is 1. The number of aromatic nitrogens is 1. The van der Waals surface area contributed by atoms with E-state index in [0.717, 1.165) is 12.3 Å². The molecule has 0 spiro atoms. The van der Waals surface area contributed by atoms with Crippen LogP contribution >= 0.6 is 0 Å². The molecule has 2 rings (SSSR count). The van der Waals surface area contributed by atoms with E-state index in [0.29, 0.717) is 5.56 Å². The minimum absolute atomic E-state index is 0.0599. The Bertz CT molecular complexity index is 647. The van der Waals surface area contributed by atoms with Crippen LogP contribution in [0.5, 0.6) is 5.75 Å². The van der Waals surface area contributed by atoms with Crippen LogP contribution in [0.25, 0.3) is 0 Å². The fourth-order valence-corrected chi connectivity index (χ4v) is 1.75. The third kappa shape index (κ3) is 2.90. The molecule has 1 aromatic carbocycles. The maximum absolute atomic E-state index is 13.4. The molecule has 0 fully saturated rings. The lowest BCUT2D eigenvalue weighted by atomic mass is 10.1. The largest absolute Gasteiger partial charge is 0.508 e. The summed E-state index contributed by atoms with van der Waals surface area (Å²) in [5, 5.41) is 11.9. The van der Waals surface area contributed by atoms with Crippen molar-refractivity contribution in [3.63, 3.8) is 0 Å². The number of carbonyl (C=O) groups excluding carboxylic acids is 1. The molecule has 0 radical (unpaired) electrons. The monoisotopic (exact) mass is 278 g/mol. The molecule has 0 aliphatic rings. The van der Waals surface area contributed by atoms with Gasteiger partial charge in [-0.05, 0) is 30.7 Å². The van der Waals surface area contributed by atoms with Gasteiger partial charge in [0, 0.05) is 6.20 Å². The molecule has 1 atom stereocenters. The summed E-state index contributed by atoms with van der Waals surface area (Å²) in [5.74, 6) is -3.29. The van der Waals surface area contributed by atoms with Crippen LogP contribution in [0.15, 0.2) is 36.5 Å². The van der Waals surface area contributed by atoms with Gasteiger partial charge in [-0.2, -0.15) is 4.39 Å². The molecule has 6 heteroatoms. The first-order chi connectivity index (χ1) is 9.49. The van der Waals surface area contributed by atoms with Crippen molar-refractivity contribution in [3.05, 3.63) is 59.4 Å². The van der Waals surface area contributed by atoms with Crippen LogP contribution in [0.3, 0.4) is 0 Å². The van der Waals surface area contributed by atoms with Gasteiger partial charge in [0.1, 0.15) is 5.75 Å². The van der Waals surface area contributed by atoms with Crippen molar-refractivity contribution in [2.45, 2.75) is 13.0 Å². The first-order valence-electron chi connectivity index (χ1n) is 5.89. The predicted octanol–water partition coefficient (Wildman–Crippen LogP) is 2.56. The summed E-state index contributed by atoms with van der Waals surface area (Å²) in [5.41, 5.74) is 0.234. The molecule has 4 nitrogen and oxygen atoms in total. The van der Waals surface area contributed by atoms with Crippen molar-refractivity contribution in [3.8, 4) is 5.75 Å². The molecule has 104 valence electrons. The second kappa shape index (κ2) is 5.64. The number of carbonyl (C=O) groups is 1. The number of phenols is 1. The van der Waals surface area contributed by atoms with Gasteiger partial charge in [-0.1, -0.05) is 12.1 Å². The van der Waals surface area contributed by atoms with Gasteiger partial charge in [-0.25, -0.2) is 9.37 Å². The summed E-state index contributed by atoms with van der Waals surface area (Å²) >= 11 is 0. The van der Waals surface area contributed by atoms with Crippen LogP contribution in [-0.2, 0) is 0 Å². The number of hydrogen-bond donors (Lipinski definition) is 2. The van der Waals surface area contributed by atoms with E-state index in [1.807, 2.05) is 0 Å². The number of hydrogen-bond acceptors (Lipinski definition) is 3. The van der Waals surface area contributed by atoms with E-state index in [1.165, 1.54) is 12.1 Å². The maximum Gasteiger partial charge on any atom is 0.254 e. The standard InChI is InChI=1S/C14H12F2N2O2/c1-8(9-3-2-4-10(19)7-9)18-14(20)11-5-6-17-13(16)12(11)15/h2-8,19H,1H3,(H,18,20). The van der Waals surface area contributed by atoms with Crippen molar-refractivity contribution in [1.29, 1.82) is 0 Å². The third-order valence-corrected chi connectivity index (χ3v) is 2.81. The number of nitrogens with zero attached hydrogens (tertiary/aromatic N) is 1. The third-order valence-electron chi connectivity index (χ3n) is 2.81. The van der Waals surface area contributed by atoms with Gasteiger partial charge in [-0.3, -0.25) is 4.79 Å². The average Bonchev–Trinajstić information content (AvgIpc) is 2.41. The van der Waals surface area contributed by atoms with Gasteiger partial charge in [0.05, 0.1) is 11.6 Å². The average molecular weight is 278 g/mol. The number of aromatic hydroxyl groups is 1. The van der Waals surface area contributed by atoms with Crippen LogP contribution in [0.2, 0.25) is 0 Å². The summed E-state index contributed by atoms with van der Waals surface area (Å²) < 4.78 is 26.4. The van der Waals surface area contributed by atoms with Crippen LogP contribution in [-0.4, -0.2) is 16.0 Å². The van der Waals surface area contributed by atoms with E-state index >= 15 is 0 Å². The Kier molecular flexibility index (Phi) is 3.93. The fourth-order valence-electron chi connectivity index (χ4n) is 1.75. The topological polar surface area (TPSA) is 62.2 Å². The van der Waals surface area contributed by atoms with Crippen molar-refractivity contribution in [1.82, 2.24) is 10.3 Å². The SMILES string of the molecule is CC(NC(=O)c1ccnc(F)c1F)c1cccc(O)c1. The molecular weight excluding hydrogens is 266 g/mol. The summed E-state index contributed by atoms with van der Waals surface area (Å²) in [6.45, 7) is 1.67. The Balaban J connectivity index is 2.17. The molecular formula is C14H12F2N2O2. The number of benzene rings is 1. The van der Waals surface area contributed by atoms with E-state index in [2.05, 4.69) is 10.3 Å². The van der Waals surface area contributed by atoms with Gasteiger partial charge in [0.15, 0.2) is 5.82 Å². The molecule has 2 aromatic rings. The summed E-state index contributed by atoms with van der Waals surface area (Å²) in [4.78, 5) is 15.0. The van der Waals surface area contributed by atoms with Crippen molar-refractivity contribution in [2.24, 2.45) is 0 Å². The minimum Gasteiger partial charge on any atom is -0.508 e. The fraction of sp³-hybridized carbons (Fsp3) is 0.143. The second-order valence-corrected chi connectivity index (χ2v) is 4.25. The van der Waals surface area contributed by atoms with Crippen molar-refractivity contribution < 1.29 is 18.7 Å². The first-order valence-corrected chi connectivity index (χ1v) is 5.89. The highest BCUT2D eigenvalue weighted by Gasteiger charge is 2.18. The Labute approximate surface area is 114 Å². The molecule has 1 amide bonds. The second-order valence-electron chi connectivity index (χ2n) is 4.25. The smallest absolute Gasteiger partial charge is 0.254 e. The quantitative estimate of drug-likeness (QED) is 0.848. The molecule has 0 bridgehead atoms. The van der Waals surface area contributed by atoms with E-state index < -0.39 is 29.3 Å². The van der Waals surface area contributed by atoms with Gasteiger partial charge in [0.25, 0.3) is 5.91 Å². The highest BCUT2D eigenvalue weighted by Crippen LogP contribution is 2.18. The summed E-state index contributed by atoms with van der Waals surface area (Å²) in [6, 6.07) is 6.94. The predicted molar refractivity (Wildman–Crippen MR) is 68.1 cm³/mol. The van der Waals surface area contributed by atoms with E-state index in [9.17, 15) is 18.7 Å². The Hall–Kier alpha value is -2.50. The highest BCUT2D eigenvalue weighted by atomic mass is 19.2. The lowest BCUT2D eigenvalue weighted by Gasteiger charge is -2.14. The normalized spacial score (nSPS) is 11.9. The van der Waals surface area contributed by atoms with Crippen LogP contribution in [0.4, 0.5) is 8.78 Å². The number of nitrogens with one attached hydrogen (secondary N) is 1. The van der Waals surface area contributed by atoms with Gasteiger partial charge >= 0.3 is 0 Å². The number of amides is 1. The molecule has 1 aromatic heterocycles. The van der Waals surface area contributed by atoms with Crippen molar-refractivity contribution >= 4 is 5.91 Å². The number of phenolic OH excluding ortho intramolecular Hbond substituents is 1. The van der Waals surface area contributed by atoms with Gasteiger partial charge < -0.3 is 10.4 Å². The number of rotatable bonds is 3. The summed E-state index contributed by atoms with van der Waals surface area (Å²) in [6.07, 6.45) is 1.02. The van der Waals surface area contributed by atoms with Crippen LogP contribution in [0, 0.1) is 11.8 Å². The Morgan fingerprint density at radius 1 is 1.35 bits per heavy atom. The van der Waals surface area contributed by atoms with Crippen molar-refractivity contribution in [2.75, 3.05) is 0 Å². The molecule has 0 aliphatic heterocycles. The minimum atomic E-state index is -1.32. The van der Waals surface area contributed by atoms with E-state index in [1.54, 1.807) is 19.1 Å². The molecule has 20 heavy (non-hydrogen) atoms. The van der Waals surface area contributed by atoms with Gasteiger partial charge in [0.2, 0.25) is 5.95 Å². The zero-order chi connectivity index (χ0) is 14.7. The lowest BCUT2D eigenvalue weighted by Crippen LogP contribution is -2.27. The Morgan fingerprint density at radius 2 is 2.10 bits per heavy atom. The molecule has 0 saturated carbocycles. The van der Waals surface area contributed by atoms with E-state index in [4.69, 9.17) is 0 Å². The zero-order valence-corrected chi connectivity index (χ0v) is 10.6. The van der Waals surface area contributed by atoms with Gasteiger partial charge in [-0.15, -0.1) is 0 Å². The highest BCUT2D eigenvalue weighted by molar-refractivity contribution is 5.94. The molecule has 1 heterocycles. The Morgan fingerprint density at radius 3 is 2.80 bits per heavy atom. The molecule has 2 N–H and O–H groups in total. The molecule has 0 saturated heterocycles. The lowest BCUT2D eigenvalue weighted by molar-refractivity contribution is 0.0934. The zero-order valence-electron chi connectivity index (χ0n) is 10.6. The number of halogens is 2. The summed E-state index contributed by atoms with van der Waals surface area (Å²) in [7, 11) is 0. The van der Waals surface area contributed by atoms with Crippen LogP contribution < -0.4 is 5.32 Å². The molecule has 1 unspecified atom stereocenters.